The normalized spacial score (nSPS) is 12.8. The summed E-state index contributed by atoms with van der Waals surface area (Å²) in [6, 6.07) is 13.7. The Labute approximate surface area is 380 Å². The number of carbonyl (C=O) groups excluding carboxylic acids is 2. The fraction of sp³-hybridized carbons (Fsp3) is 0.425. The third kappa shape index (κ3) is 18.4. The van der Waals surface area contributed by atoms with Crippen molar-refractivity contribution in [3.63, 3.8) is 0 Å². The lowest BCUT2D eigenvalue weighted by Crippen LogP contribution is -2.45. The van der Waals surface area contributed by atoms with Crippen LogP contribution >= 0.6 is 0 Å². The van der Waals surface area contributed by atoms with Crippen molar-refractivity contribution in [2.24, 2.45) is 10.7 Å². The van der Waals surface area contributed by atoms with Crippen molar-refractivity contribution in [3.8, 4) is 11.5 Å². The van der Waals surface area contributed by atoms with E-state index in [1.807, 2.05) is 20.8 Å². The predicted octanol–water partition coefficient (Wildman–Crippen LogP) is 4.54. The van der Waals surface area contributed by atoms with Crippen molar-refractivity contribution in [1.29, 1.82) is 0 Å². The van der Waals surface area contributed by atoms with Gasteiger partial charge >= 0.3 is 12.3 Å². The first-order valence-corrected chi connectivity index (χ1v) is 21.2. The molecule has 0 amide bonds. The molecule has 2 aromatic carbocycles. The van der Waals surface area contributed by atoms with Crippen molar-refractivity contribution in [2.45, 2.75) is 57.1 Å². The highest BCUT2D eigenvalue weighted by Gasteiger charge is 2.37. The molecule has 66 heavy (non-hydrogen) atoms. The van der Waals surface area contributed by atoms with Crippen LogP contribution in [0.2, 0.25) is 0 Å². The Bertz CT molecular complexity index is 2160. The second-order valence-corrected chi connectivity index (χ2v) is 15.9. The maximum absolute atomic E-state index is 14.8. The SMILES string of the molecule is C=C(/N=C(OCCOC(=O)OCCCCON(O)O)\C(Oc1ccccc1OC)=C(/N)N(C(C)OC(=O)OCCOCCON(O)O)S(=O)(=O)c1ccc(C(C)(C)C)cc1)c1ncccn1. The maximum atomic E-state index is 14.8. The van der Waals surface area contributed by atoms with E-state index in [9.17, 15) is 18.0 Å². The number of rotatable bonds is 27. The van der Waals surface area contributed by atoms with E-state index in [0.717, 1.165) is 5.56 Å². The lowest BCUT2D eigenvalue weighted by Gasteiger charge is -2.31. The number of carbonyl (C=O) groups is 2. The van der Waals surface area contributed by atoms with Gasteiger partial charge in [-0.2, -0.15) is 0 Å². The largest absolute Gasteiger partial charge is 0.510 e. The number of ether oxygens (including phenoxy) is 8. The predicted molar refractivity (Wildman–Crippen MR) is 225 cm³/mol. The van der Waals surface area contributed by atoms with Crippen LogP contribution in [0, 0.1) is 0 Å². The molecule has 0 saturated carbocycles. The Morgan fingerprint density at radius 2 is 1.33 bits per heavy atom. The Morgan fingerprint density at radius 1 is 0.773 bits per heavy atom. The molecular formula is C40H55N7O18S. The minimum absolute atomic E-state index is 0.00728. The lowest BCUT2D eigenvalue weighted by atomic mass is 9.87. The number of para-hydroxylation sites is 2. The molecule has 364 valence electrons. The molecule has 3 aromatic rings. The molecule has 0 aliphatic rings. The van der Waals surface area contributed by atoms with Crippen LogP contribution in [0.3, 0.4) is 0 Å². The smallest absolute Gasteiger partial charge is 0.493 e. The first kappa shape index (κ1) is 54.1. The third-order valence-electron chi connectivity index (χ3n) is 8.27. The standard InChI is InChI=1S/C40H55N7O18S/c1-28(36-42-18-11-19-43-36)44-37(58-25-26-60-38(48)59-20-9-10-21-62-46(50)51)34(65-33-13-8-7-12-32(33)56-6)35(41)45(66(54,55)31-16-14-30(15-17-31)40(3,4)5)29(2)64-39(49)61-24-22-57-23-27-63-47(52)53/h7-8,11-19,29,50-53H,1,9-10,20-27,41H2,2-6H3/b35-34-,44-37+. The van der Waals surface area contributed by atoms with Crippen molar-refractivity contribution in [1.82, 2.24) is 25.1 Å². The van der Waals surface area contributed by atoms with Gasteiger partial charge in [0.15, 0.2) is 29.4 Å². The van der Waals surface area contributed by atoms with Gasteiger partial charge < -0.3 is 43.6 Å². The van der Waals surface area contributed by atoms with Crippen molar-refractivity contribution in [3.05, 3.63) is 96.5 Å². The van der Waals surface area contributed by atoms with Gasteiger partial charge in [-0.25, -0.2) is 42.1 Å². The van der Waals surface area contributed by atoms with Crippen molar-refractivity contribution < 1.29 is 86.4 Å². The van der Waals surface area contributed by atoms with Gasteiger partial charge in [-0.3, -0.25) is 25.7 Å². The quantitative estimate of drug-likeness (QED) is 0.0133. The summed E-state index contributed by atoms with van der Waals surface area (Å²) in [6.07, 6.45) is -0.808. The zero-order chi connectivity index (χ0) is 48.7. The van der Waals surface area contributed by atoms with E-state index < -0.39 is 70.0 Å². The minimum atomic E-state index is -4.83. The van der Waals surface area contributed by atoms with Crippen LogP contribution in [0.25, 0.3) is 5.70 Å². The number of sulfonamides is 1. The van der Waals surface area contributed by atoms with Gasteiger partial charge in [-0.1, -0.05) is 51.6 Å². The molecule has 25 nitrogen and oxygen atoms in total. The Kier molecular flexibility index (Phi) is 22.4. The van der Waals surface area contributed by atoms with E-state index >= 15 is 0 Å². The molecule has 1 aromatic heterocycles. The lowest BCUT2D eigenvalue weighted by molar-refractivity contribution is -0.493. The number of methoxy groups -OCH3 is 1. The number of aromatic nitrogens is 2. The van der Waals surface area contributed by atoms with Gasteiger partial charge in [0.25, 0.3) is 15.9 Å². The first-order chi connectivity index (χ1) is 31.3. The van der Waals surface area contributed by atoms with Gasteiger partial charge in [0.05, 0.1) is 55.8 Å². The van der Waals surface area contributed by atoms with E-state index in [2.05, 4.69) is 31.2 Å². The molecule has 6 N–H and O–H groups in total. The van der Waals surface area contributed by atoms with Crippen LogP contribution in [0.4, 0.5) is 9.59 Å². The average molecular weight is 954 g/mol. The van der Waals surface area contributed by atoms with E-state index in [4.69, 9.17) is 64.5 Å². The molecule has 0 spiro atoms. The monoisotopic (exact) mass is 953 g/mol. The summed E-state index contributed by atoms with van der Waals surface area (Å²) in [6.45, 7) is 8.88. The van der Waals surface area contributed by atoms with E-state index in [1.54, 1.807) is 30.3 Å². The molecular weight excluding hydrogens is 899 g/mol. The number of benzene rings is 2. The Morgan fingerprint density at radius 3 is 1.97 bits per heavy atom. The second-order valence-electron chi connectivity index (χ2n) is 14.1. The highest BCUT2D eigenvalue weighted by molar-refractivity contribution is 7.89. The van der Waals surface area contributed by atoms with Crippen molar-refractivity contribution >= 4 is 33.9 Å². The molecule has 26 heteroatoms. The fourth-order valence-electron chi connectivity index (χ4n) is 5.14. The van der Waals surface area contributed by atoms with Gasteiger partial charge in [0, 0.05) is 12.4 Å². The minimum Gasteiger partial charge on any atom is -0.493 e. The Hall–Kier alpha value is -6.20. The molecule has 0 saturated heterocycles. The van der Waals surface area contributed by atoms with Gasteiger partial charge in [-0.15, -0.1) is 0 Å². The zero-order valence-electron chi connectivity index (χ0n) is 36.9. The van der Waals surface area contributed by atoms with Crippen LogP contribution in [0.5, 0.6) is 11.5 Å². The van der Waals surface area contributed by atoms with Crippen LogP contribution < -0.4 is 15.2 Å². The number of unbranched alkanes of at least 4 members (excludes halogenated alkanes) is 1. The summed E-state index contributed by atoms with van der Waals surface area (Å²) in [5.41, 5.74) is 7.16. The van der Waals surface area contributed by atoms with Gasteiger partial charge in [-0.05, 0) is 61.1 Å². The maximum Gasteiger partial charge on any atom is 0.510 e. The molecule has 0 bridgehead atoms. The zero-order valence-corrected chi connectivity index (χ0v) is 37.7. The first-order valence-electron chi connectivity index (χ1n) is 19.8. The topological polar surface area (TPSA) is 315 Å². The number of hydrogen-bond acceptors (Lipinski definition) is 24. The second kappa shape index (κ2) is 27.3. The molecule has 1 heterocycles. The van der Waals surface area contributed by atoms with Crippen LogP contribution in [-0.2, 0) is 53.5 Å². The van der Waals surface area contributed by atoms with Crippen LogP contribution in [-0.4, -0.2) is 139 Å². The number of nitrogens with zero attached hydrogens (tertiary/aromatic N) is 6. The summed E-state index contributed by atoms with van der Waals surface area (Å²) >= 11 is 0. The molecule has 0 radical (unpaired) electrons. The summed E-state index contributed by atoms with van der Waals surface area (Å²) < 4.78 is 73.9. The summed E-state index contributed by atoms with van der Waals surface area (Å²) in [7, 11) is -3.47. The highest BCUT2D eigenvalue weighted by Crippen LogP contribution is 2.32. The molecule has 0 aliphatic carbocycles. The summed E-state index contributed by atoms with van der Waals surface area (Å²) in [5.74, 6) is -1.80. The fourth-order valence-corrected chi connectivity index (χ4v) is 6.63. The number of aliphatic imine (C=N–C) groups is 1. The Balaban J connectivity index is 2.12. The summed E-state index contributed by atoms with van der Waals surface area (Å²) in [4.78, 5) is 46.7. The van der Waals surface area contributed by atoms with E-state index in [-0.39, 0.29) is 79.4 Å². The van der Waals surface area contributed by atoms with E-state index in [1.165, 1.54) is 50.7 Å². The van der Waals surface area contributed by atoms with E-state index in [0.29, 0.717) is 10.7 Å². The molecule has 1 atom stereocenters. The van der Waals surface area contributed by atoms with Crippen molar-refractivity contribution in [2.75, 3.05) is 60.0 Å². The third-order valence-corrected chi connectivity index (χ3v) is 10.1. The summed E-state index contributed by atoms with van der Waals surface area (Å²) in [5, 5.41) is 33.6. The number of hydrogen-bond donors (Lipinski definition) is 5. The molecule has 3 rings (SSSR count). The molecule has 0 aliphatic heterocycles. The average Bonchev–Trinajstić information content (AvgIpc) is 3.27. The van der Waals surface area contributed by atoms with Crippen LogP contribution in [0.15, 0.2) is 95.0 Å². The highest BCUT2D eigenvalue weighted by atomic mass is 32.2. The van der Waals surface area contributed by atoms with Gasteiger partial charge in [0.1, 0.15) is 25.5 Å². The molecule has 0 fully saturated rings. The van der Waals surface area contributed by atoms with Crippen LogP contribution in [0.1, 0.15) is 51.9 Å². The van der Waals surface area contributed by atoms with Gasteiger partial charge in [0.2, 0.25) is 5.76 Å². The molecule has 1 unspecified atom stereocenters. The number of nitrogens with two attached hydrogens (primary N) is 1.